The van der Waals surface area contributed by atoms with Gasteiger partial charge in [-0.2, -0.15) is 0 Å². The van der Waals surface area contributed by atoms with Crippen molar-refractivity contribution in [3.8, 4) is 11.3 Å². The van der Waals surface area contributed by atoms with Crippen molar-refractivity contribution in [1.82, 2.24) is 4.98 Å². The number of anilines is 2. The van der Waals surface area contributed by atoms with Gasteiger partial charge in [-0.05, 0) is 29.8 Å². The predicted molar refractivity (Wildman–Crippen MR) is 137 cm³/mol. The van der Waals surface area contributed by atoms with Crippen LogP contribution in [0.1, 0.15) is 5.56 Å². The number of benzene rings is 3. The van der Waals surface area contributed by atoms with E-state index in [4.69, 9.17) is 0 Å². The summed E-state index contributed by atoms with van der Waals surface area (Å²) in [7, 11) is 0. The summed E-state index contributed by atoms with van der Waals surface area (Å²) in [5, 5.41) is 8.20. The Hall–Kier alpha value is -3.68. The van der Waals surface area contributed by atoms with Gasteiger partial charge in [-0.3, -0.25) is 9.59 Å². The van der Waals surface area contributed by atoms with Crippen LogP contribution < -0.4 is 10.6 Å². The van der Waals surface area contributed by atoms with Gasteiger partial charge in [0.05, 0.1) is 11.4 Å². The Kier molecular flexibility index (Phi) is 7.68. The minimum absolute atomic E-state index is 0.130. The van der Waals surface area contributed by atoms with Crippen LogP contribution in [0.5, 0.6) is 0 Å². The van der Waals surface area contributed by atoms with E-state index in [0.29, 0.717) is 10.8 Å². The lowest BCUT2D eigenvalue weighted by Gasteiger charge is -2.06. The Bertz CT molecular complexity index is 1250. The minimum atomic E-state index is -0.211. The van der Waals surface area contributed by atoms with E-state index in [0.717, 1.165) is 21.7 Å². The highest BCUT2D eigenvalue weighted by atomic mass is 32.2. The molecule has 0 aliphatic heterocycles. The third-order valence-electron chi connectivity index (χ3n) is 4.52. The first kappa shape index (κ1) is 22.5. The van der Waals surface area contributed by atoms with Crippen LogP contribution in [0, 0.1) is 0 Å². The largest absolute Gasteiger partial charge is 0.322 e. The number of nitrogens with zero attached hydrogens (tertiary/aromatic N) is 1. The molecule has 0 aliphatic carbocycles. The molecule has 2 N–H and O–H groups in total. The van der Waals surface area contributed by atoms with Gasteiger partial charge in [-0.25, -0.2) is 4.98 Å². The maximum atomic E-state index is 12.4. The normalized spacial score (nSPS) is 10.8. The zero-order valence-electron chi connectivity index (χ0n) is 17.6. The zero-order chi connectivity index (χ0) is 22.9. The molecular formula is C26H21N3O2S2. The first-order valence-corrected chi connectivity index (χ1v) is 12.1. The Morgan fingerprint density at radius 1 is 0.909 bits per heavy atom. The van der Waals surface area contributed by atoms with Crippen LogP contribution in [0.3, 0.4) is 0 Å². The maximum Gasteiger partial charge on any atom is 0.248 e. The second-order valence-electron chi connectivity index (χ2n) is 7.00. The molecule has 2 amide bonds. The number of amides is 2. The van der Waals surface area contributed by atoms with Gasteiger partial charge in [0.15, 0.2) is 5.13 Å². The average Bonchev–Trinajstić information content (AvgIpc) is 3.31. The SMILES string of the molecule is O=C(/C=C/c1ccccc1)Nc1cccc(SCC(=O)Nc2nc(-c3ccccc3)cs2)c1. The molecule has 0 radical (unpaired) electrons. The third kappa shape index (κ3) is 6.90. The van der Waals surface area contributed by atoms with Crippen LogP contribution in [0.4, 0.5) is 10.8 Å². The molecule has 0 saturated heterocycles. The van der Waals surface area contributed by atoms with Crippen LogP contribution in [0.25, 0.3) is 17.3 Å². The topological polar surface area (TPSA) is 71.1 Å². The summed E-state index contributed by atoms with van der Waals surface area (Å²) in [6.07, 6.45) is 3.26. The van der Waals surface area contributed by atoms with Crippen LogP contribution in [-0.4, -0.2) is 22.6 Å². The average molecular weight is 472 g/mol. The minimum Gasteiger partial charge on any atom is -0.322 e. The van der Waals surface area contributed by atoms with Crippen molar-refractivity contribution < 1.29 is 9.59 Å². The Labute approximate surface area is 200 Å². The molecule has 164 valence electrons. The van der Waals surface area contributed by atoms with Crippen LogP contribution in [0.2, 0.25) is 0 Å². The van der Waals surface area contributed by atoms with Gasteiger partial charge in [0.1, 0.15) is 0 Å². The zero-order valence-corrected chi connectivity index (χ0v) is 19.2. The first-order valence-electron chi connectivity index (χ1n) is 10.2. The van der Waals surface area contributed by atoms with Crippen LogP contribution in [-0.2, 0) is 9.59 Å². The molecule has 4 aromatic rings. The Balaban J connectivity index is 1.28. The number of carbonyl (C=O) groups excluding carboxylic acids is 2. The summed E-state index contributed by atoms with van der Waals surface area (Å²) in [6.45, 7) is 0. The third-order valence-corrected chi connectivity index (χ3v) is 6.27. The molecule has 0 atom stereocenters. The van der Waals surface area contributed by atoms with E-state index >= 15 is 0 Å². The maximum absolute atomic E-state index is 12.4. The number of thiazole rings is 1. The standard InChI is InChI=1S/C26H21N3O2S2/c30-24(15-14-19-8-3-1-4-9-19)27-21-12-7-13-22(16-21)32-18-25(31)29-26-28-23(17-33-26)20-10-5-2-6-11-20/h1-17H,18H2,(H,27,30)(H,28,29,31)/b15-14+. The monoisotopic (exact) mass is 471 g/mol. The summed E-state index contributed by atoms with van der Waals surface area (Å²) in [5.41, 5.74) is 3.49. The molecule has 5 nitrogen and oxygen atoms in total. The summed E-state index contributed by atoms with van der Waals surface area (Å²) < 4.78 is 0. The van der Waals surface area contributed by atoms with Gasteiger partial charge in [0, 0.05) is 27.6 Å². The van der Waals surface area contributed by atoms with Crippen LogP contribution >= 0.6 is 23.1 Å². The van der Waals surface area contributed by atoms with Crippen molar-refractivity contribution >= 4 is 51.8 Å². The molecule has 3 aromatic carbocycles. The van der Waals surface area contributed by atoms with E-state index in [9.17, 15) is 9.59 Å². The van der Waals surface area contributed by atoms with Crippen LogP contribution in [0.15, 0.2) is 101 Å². The second kappa shape index (κ2) is 11.3. The molecule has 0 fully saturated rings. The fourth-order valence-corrected chi connectivity index (χ4v) is 4.45. The lowest BCUT2D eigenvalue weighted by Crippen LogP contribution is -2.13. The van der Waals surface area contributed by atoms with Crippen molar-refractivity contribution in [3.05, 3.63) is 102 Å². The molecule has 33 heavy (non-hydrogen) atoms. The van der Waals surface area contributed by atoms with Gasteiger partial charge in [-0.1, -0.05) is 66.7 Å². The molecule has 7 heteroatoms. The number of thioether (sulfide) groups is 1. The van der Waals surface area contributed by atoms with E-state index in [2.05, 4.69) is 15.6 Å². The van der Waals surface area contributed by atoms with Gasteiger partial charge in [0.2, 0.25) is 11.8 Å². The highest BCUT2D eigenvalue weighted by Gasteiger charge is 2.09. The van der Waals surface area contributed by atoms with E-state index in [1.54, 1.807) is 6.08 Å². The lowest BCUT2D eigenvalue weighted by molar-refractivity contribution is -0.114. The van der Waals surface area contributed by atoms with Crippen molar-refractivity contribution in [2.45, 2.75) is 4.90 Å². The van der Waals surface area contributed by atoms with E-state index in [-0.39, 0.29) is 17.6 Å². The van der Waals surface area contributed by atoms with Crippen molar-refractivity contribution in [1.29, 1.82) is 0 Å². The molecular weight excluding hydrogens is 450 g/mol. The summed E-state index contributed by atoms with van der Waals surface area (Å²) in [6, 6.07) is 26.9. The molecule has 1 aromatic heterocycles. The number of carbonyl (C=O) groups is 2. The van der Waals surface area contributed by atoms with Crippen molar-refractivity contribution in [3.63, 3.8) is 0 Å². The number of rotatable bonds is 8. The van der Waals surface area contributed by atoms with Gasteiger partial charge < -0.3 is 10.6 Å². The van der Waals surface area contributed by atoms with E-state index in [1.807, 2.05) is 90.3 Å². The number of hydrogen-bond donors (Lipinski definition) is 2. The van der Waals surface area contributed by atoms with E-state index < -0.39 is 0 Å². The highest BCUT2D eigenvalue weighted by molar-refractivity contribution is 8.00. The molecule has 1 heterocycles. The fourth-order valence-electron chi connectivity index (χ4n) is 2.96. The molecule has 0 saturated carbocycles. The highest BCUT2D eigenvalue weighted by Crippen LogP contribution is 2.26. The summed E-state index contributed by atoms with van der Waals surface area (Å²) in [4.78, 5) is 29.9. The molecule has 0 spiro atoms. The molecule has 0 aliphatic rings. The fraction of sp³-hybridized carbons (Fsp3) is 0.0385. The smallest absolute Gasteiger partial charge is 0.248 e. The van der Waals surface area contributed by atoms with Crippen molar-refractivity contribution in [2.75, 3.05) is 16.4 Å². The molecule has 0 unspecified atom stereocenters. The number of hydrogen-bond acceptors (Lipinski definition) is 5. The summed E-state index contributed by atoms with van der Waals surface area (Å²) >= 11 is 2.80. The molecule has 0 bridgehead atoms. The van der Waals surface area contributed by atoms with Gasteiger partial charge >= 0.3 is 0 Å². The quantitative estimate of drug-likeness (QED) is 0.237. The van der Waals surface area contributed by atoms with Gasteiger partial charge in [-0.15, -0.1) is 23.1 Å². The number of aromatic nitrogens is 1. The van der Waals surface area contributed by atoms with Crippen molar-refractivity contribution in [2.24, 2.45) is 0 Å². The lowest BCUT2D eigenvalue weighted by atomic mass is 10.2. The summed E-state index contributed by atoms with van der Waals surface area (Å²) in [5.74, 6) is -0.100. The number of nitrogens with one attached hydrogen (secondary N) is 2. The molecule has 4 rings (SSSR count). The Morgan fingerprint density at radius 3 is 2.45 bits per heavy atom. The van der Waals surface area contributed by atoms with Gasteiger partial charge in [0.25, 0.3) is 0 Å². The first-order chi connectivity index (χ1) is 16.2. The predicted octanol–water partition coefficient (Wildman–Crippen LogP) is 6.19. The van der Waals surface area contributed by atoms with E-state index in [1.165, 1.54) is 29.2 Å². The second-order valence-corrected chi connectivity index (χ2v) is 8.91. The Morgan fingerprint density at radius 2 is 1.67 bits per heavy atom.